The highest BCUT2D eigenvalue weighted by atomic mass is 15.3. The first-order valence-corrected chi connectivity index (χ1v) is 7.82. The molecule has 0 aromatic carbocycles. The second-order valence-corrected chi connectivity index (χ2v) is 5.72. The van der Waals surface area contributed by atoms with E-state index in [9.17, 15) is 0 Å². The molecule has 1 aromatic heterocycles. The number of nitrogen functional groups attached to an aromatic ring is 1. The number of hydrogen-bond donors (Lipinski definition) is 3. The van der Waals surface area contributed by atoms with Gasteiger partial charge in [0.25, 0.3) is 0 Å². The number of nitrogens with zero attached hydrogens (tertiary/aromatic N) is 2. The molecule has 112 valence electrons. The Labute approximate surface area is 121 Å². The standard InChI is InChI=1S/C15H27N5/c1-3-6-13-18-14(11(2)15(19-13)20-16)17-10-9-12-7-4-5-8-12/h12H,3-10,16H2,1-2H3,(H2,17,18,19,20). The van der Waals surface area contributed by atoms with Gasteiger partial charge in [-0.25, -0.2) is 15.8 Å². The molecule has 0 unspecified atom stereocenters. The van der Waals surface area contributed by atoms with Gasteiger partial charge in [-0.3, -0.25) is 0 Å². The maximum absolute atomic E-state index is 5.54. The van der Waals surface area contributed by atoms with Crippen LogP contribution in [0.4, 0.5) is 11.6 Å². The smallest absolute Gasteiger partial charge is 0.148 e. The average molecular weight is 277 g/mol. The zero-order valence-electron chi connectivity index (χ0n) is 12.7. The first-order valence-electron chi connectivity index (χ1n) is 7.82. The van der Waals surface area contributed by atoms with Crippen LogP contribution in [0.2, 0.25) is 0 Å². The van der Waals surface area contributed by atoms with Gasteiger partial charge in [-0.15, -0.1) is 0 Å². The number of hydrazine groups is 1. The van der Waals surface area contributed by atoms with E-state index in [1.807, 2.05) is 6.92 Å². The summed E-state index contributed by atoms with van der Waals surface area (Å²) in [7, 11) is 0. The van der Waals surface area contributed by atoms with Gasteiger partial charge in [0, 0.05) is 18.5 Å². The largest absolute Gasteiger partial charge is 0.370 e. The van der Waals surface area contributed by atoms with E-state index in [1.165, 1.54) is 32.1 Å². The fourth-order valence-electron chi connectivity index (χ4n) is 2.90. The van der Waals surface area contributed by atoms with E-state index in [4.69, 9.17) is 5.84 Å². The summed E-state index contributed by atoms with van der Waals surface area (Å²) < 4.78 is 0. The Kier molecular flexibility index (Phi) is 5.59. The summed E-state index contributed by atoms with van der Waals surface area (Å²) in [6.45, 7) is 5.12. The molecule has 0 amide bonds. The number of hydrogen-bond acceptors (Lipinski definition) is 5. The Morgan fingerprint density at radius 3 is 2.55 bits per heavy atom. The average Bonchev–Trinajstić information content (AvgIpc) is 2.95. The van der Waals surface area contributed by atoms with Gasteiger partial charge in [0.1, 0.15) is 17.5 Å². The number of aromatic nitrogens is 2. The lowest BCUT2D eigenvalue weighted by atomic mass is 10.0. The molecule has 2 rings (SSSR count). The lowest BCUT2D eigenvalue weighted by Gasteiger charge is -2.15. The van der Waals surface area contributed by atoms with E-state index in [1.54, 1.807) is 0 Å². The number of nitrogens with two attached hydrogens (primary N) is 1. The summed E-state index contributed by atoms with van der Waals surface area (Å²) >= 11 is 0. The molecule has 1 fully saturated rings. The van der Waals surface area contributed by atoms with Gasteiger partial charge >= 0.3 is 0 Å². The number of anilines is 2. The normalized spacial score (nSPS) is 15.6. The van der Waals surface area contributed by atoms with Crippen LogP contribution >= 0.6 is 0 Å². The maximum Gasteiger partial charge on any atom is 0.148 e. The number of nitrogens with one attached hydrogen (secondary N) is 2. The monoisotopic (exact) mass is 277 g/mol. The first-order chi connectivity index (χ1) is 9.74. The molecule has 0 aliphatic heterocycles. The highest BCUT2D eigenvalue weighted by molar-refractivity contribution is 5.56. The molecule has 0 radical (unpaired) electrons. The molecule has 0 bridgehead atoms. The van der Waals surface area contributed by atoms with Gasteiger partial charge in [0.15, 0.2) is 0 Å². The summed E-state index contributed by atoms with van der Waals surface area (Å²) in [6, 6.07) is 0. The minimum Gasteiger partial charge on any atom is -0.370 e. The van der Waals surface area contributed by atoms with Gasteiger partial charge in [-0.2, -0.15) is 0 Å². The van der Waals surface area contributed by atoms with Gasteiger partial charge in [0.05, 0.1) is 0 Å². The van der Waals surface area contributed by atoms with Crippen molar-refractivity contribution < 1.29 is 0 Å². The third-order valence-electron chi connectivity index (χ3n) is 4.12. The lowest BCUT2D eigenvalue weighted by Crippen LogP contribution is -2.16. The van der Waals surface area contributed by atoms with Crippen LogP contribution in [0, 0.1) is 12.8 Å². The molecule has 1 heterocycles. The van der Waals surface area contributed by atoms with Crippen molar-refractivity contribution in [3.63, 3.8) is 0 Å². The van der Waals surface area contributed by atoms with E-state index in [0.717, 1.165) is 48.3 Å². The van der Waals surface area contributed by atoms with Crippen molar-refractivity contribution in [2.45, 2.75) is 58.8 Å². The molecule has 1 aliphatic rings. The predicted molar refractivity (Wildman–Crippen MR) is 83.6 cm³/mol. The molecule has 1 aliphatic carbocycles. The molecule has 1 saturated carbocycles. The van der Waals surface area contributed by atoms with E-state index in [0.29, 0.717) is 0 Å². The van der Waals surface area contributed by atoms with E-state index in [-0.39, 0.29) is 0 Å². The van der Waals surface area contributed by atoms with Crippen LogP contribution in [0.1, 0.15) is 56.8 Å². The molecule has 4 N–H and O–H groups in total. The summed E-state index contributed by atoms with van der Waals surface area (Å²) in [6.07, 6.45) is 8.74. The quantitative estimate of drug-likeness (QED) is 0.527. The van der Waals surface area contributed by atoms with Crippen LogP contribution in [-0.4, -0.2) is 16.5 Å². The summed E-state index contributed by atoms with van der Waals surface area (Å²) in [5.74, 6) is 8.95. The Morgan fingerprint density at radius 2 is 1.90 bits per heavy atom. The first kappa shape index (κ1) is 15.0. The van der Waals surface area contributed by atoms with Gasteiger partial charge in [-0.05, 0) is 25.7 Å². The van der Waals surface area contributed by atoms with E-state index < -0.39 is 0 Å². The molecule has 0 spiro atoms. The second-order valence-electron chi connectivity index (χ2n) is 5.72. The van der Waals surface area contributed by atoms with Crippen molar-refractivity contribution in [1.82, 2.24) is 9.97 Å². The van der Waals surface area contributed by atoms with Gasteiger partial charge < -0.3 is 10.7 Å². The van der Waals surface area contributed by atoms with Crippen LogP contribution in [0.15, 0.2) is 0 Å². The SMILES string of the molecule is CCCc1nc(NN)c(C)c(NCCC2CCCC2)n1. The van der Waals surface area contributed by atoms with Crippen LogP contribution in [0.5, 0.6) is 0 Å². The summed E-state index contributed by atoms with van der Waals surface area (Å²) in [5.41, 5.74) is 3.67. The Bertz CT molecular complexity index is 427. The fraction of sp³-hybridized carbons (Fsp3) is 0.733. The molecule has 5 nitrogen and oxygen atoms in total. The van der Waals surface area contributed by atoms with Crippen LogP contribution in [0.25, 0.3) is 0 Å². The topological polar surface area (TPSA) is 75.9 Å². The van der Waals surface area contributed by atoms with Crippen molar-refractivity contribution >= 4 is 11.6 Å². The second kappa shape index (κ2) is 7.43. The fourth-order valence-corrected chi connectivity index (χ4v) is 2.90. The third-order valence-corrected chi connectivity index (χ3v) is 4.12. The van der Waals surface area contributed by atoms with Crippen molar-refractivity contribution in [1.29, 1.82) is 0 Å². The van der Waals surface area contributed by atoms with Crippen molar-refractivity contribution in [3.8, 4) is 0 Å². The summed E-state index contributed by atoms with van der Waals surface area (Å²) in [5, 5.41) is 3.47. The molecular weight excluding hydrogens is 250 g/mol. The molecule has 5 heteroatoms. The zero-order chi connectivity index (χ0) is 14.4. The van der Waals surface area contributed by atoms with Crippen LogP contribution in [-0.2, 0) is 6.42 Å². The number of rotatable bonds is 7. The molecular formula is C15H27N5. The number of aryl methyl sites for hydroxylation is 1. The van der Waals surface area contributed by atoms with Crippen LogP contribution in [0.3, 0.4) is 0 Å². The van der Waals surface area contributed by atoms with Gasteiger partial charge in [-0.1, -0.05) is 32.6 Å². The predicted octanol–water partition coefficient (Wildman–Crippen LogP) is 3.02. The van der Waals surface area contributed by atoms with Crippen LogP contribution < -0.4 is 16.6 Å². The van der Waals surface area contributed by atoms with E-state index >= 15 is 0 Å². The Balaban J connectivity index is 1.98. The molecule has 20 heavy (non-hydrogen) atoms. The highest BCUT2D eigenvalue weighted by Crippen LogP contribution is 2.27. The van der Waals surface area contributed by atoms with Crippen molar-refractivity contribution in [3.05, 3.63) is 11.4 Å². The Morgan fingerprint density at radius 1 is 1.20 bits per heavy atom. The van der Waals surface area contributed by atoms with Gasteiger partial charge in [0.2, 0.25) is 0 Å². The third kappa shape index (κ3) is 3.82. The van der Waals surface area contributed by atoms with E-state index in [2.05, 4.69) is 27.6 Å². The Hall–Kier alpha value is -1.36. The molecule has 1 aromatic rings. The maximum atomic E-state index is 5.54. The van der Waals surface area contributed by atoms with Crippen molar-refractivity contribution in [2.24, 2.45) is 11.8 Å². The minimum atomic E-state index is 0.729. The molecule has 0 atom stereocenters. The highest BCUT2D eigenvalue weighted by Gasteiger charge is 2.15. The lowest BCUT2D eigenvalue weighted by molar-refractivity contribution is 0.518. The summed E-state index contributed by atoms with van der Waals surface area (Å²) in [4.78, 5) is 9.06. The zero-order valence-corrected chi connectivity index (χ0v) is 12.7. The minimum absolute atomic E-state index is 0.729. The molecule has 0 saturated heterocycles. The van der Waals surface area contributed by atoms with Crippen molar-refractivity contribution in [2.75, 3.05) is 17.3 Å².